The molecule has 7 heteroatoms. The summed E-state index contributed by atoms with van der Waals surface area (Å²) in [4.78, 5) is 19.3. The summed E-state index contributed by atoms with van der Waals surface area (Å²) in [6.07, 6.45) is 3.43. The quantitative estimate of drug-likeness (QED) is 0.823. The highest BCUT2D eigenvalue weighted by atomic mass is 32.1. The number of ether oxygens (including phenoxy) is 1. The van der Waals surface area contributed by atoms with Crippen molar-refractivity contribution in [1.29, 1.82) is 0 Å². The number of carbonyl (C=O) groups is 1. The largest absolute Gasteiger partial charge is 0.388 e. The normalized spacial score (nSPS) is 26.9. The predicted molar refractivity (Wildman–Crippen MR) is 110 cm³/mol. The number of thiazole rings is 1. The van der Waals surface area contributed by atoms with E-state index in [0.29, 0.717) is 19.4 Å². The maximum Gasteiger partial charge on any atom is 0.224 e. The van der Waals surface area contributed by atoms with Crippen molar-refractivity contribution in [1.82, 2.24) is 10.3 Å². The summed E-state index contributed by atoms with van der Waals surface area (Å²) in [6.45, 7) is 4.06. The van der Waals surface area contributed by atoms with Crippen LogP contribution >= 0.6 is 11.3 Å². The molecule has 2 fully saturated rings. The zero-order valence-electron chi connectivity index (χ0n) is 16.1. The number of aliphatic hydroxyl groups is 1. The van der Waals surface area contributed by atoms with Gasteiger partial charge in [0.2, 0.25) is 5.91 Å². The molecule has 0 unspecified atom stereocenters. The predicted octanol–water partition coefficient (Wildman–Crippen LogP) is 2.38. The molecule has 2 aliphatic heterocycles. The lowest BCUT2D eigenvalue weighted by Crippen LogP contribution is -2.69. The van der Waals surface area contributed by atoms with Crippen molar-refractivity contribution in [3.63, 3.8) is 0 Å². The van der Waals surface area contributed by atoms with E-state index in [1.165, 1.54) is 0 Å². The van der Waals surface area contributed by atoms with E-state index in [1.54, 1.807) is 11.3 Å². The maximum absolute atomic E-state index is 12.6. The lowest BCUT2D eigenvalue weighted by Gasteiger charge is -2.53. The van der Waals surface area contributed by atoms with Crippen molar-refractivity contribution in [2.45, 2.75) is 49.9 Å². The van der Waals surface area contributed by atoms with Crippen molar-refractivity contribution < 1.29 is 14.6 Å². The summed E-state index contributed by atoms with van der Waals surface area (Å²) in [5.41, 5.74) is -0.328. The monoisotopic (exact) mass is 401 g/mol. The van der Waals surface area contributed by atoms with Gasteiger partial charge in [0.05, 0.1) is 17.6 Å². The van der Waals surface area contributed by atoms with Crippen molar-refractivity contribution in [3.05, 3.63) is 47.5 Å². The second-order valence-corrected chi connectivity index (χ2v) is 8.87. The number of nitrogens with one attached hydrogen (secondary N) is 1. The van der Waals surface area contributed by atoms with Crippen molar-refractivity contribution in [2.24, 2.45) is 0 Å². The summed E-state index contributed by atoms with van der Waals surface area (Å²) in [5, 5.41) is 17.4. The number of amides is 1. The van der Waals surface area contributed by atoms with Crippen LogP contribution in [0.1, 0.15) is 31.7 Å². The number of hydrogen-bond donors (Lipinski definition) is 2. The lowest BCUT2D eigenvalue weighted by molar-refractivity contribution is -0.198. The number of benzene rings is 1. The van der Waals surface area contributed by atoms with E-state index in [1.807, 2.05) is 48.8 Å². The summed E-state index contributed by atoms with van der Waals surface area (Å²) in [7, 11) is 0. The smallest absolute Gasteiger partial charge is 0.224 e. The van der Waals surface area contributed by atoms with Crippen LogP contribution in [-0.4, -0.2) is 52.9 Å². The fraction of sp³-hybridized carbons (Fsp3) is 0.524. The summed E-state index contributed by atoms with van der Waals surface area (Å²) >= 11 is 1.63. The molecular weight excluding hydrogens is 374 g/mol. The molecule has 0 saturated carbocycles. The fourth-order valence-electron chi connectivity index (χ4n) is 4.40. The molecule has 0 radical (unpaired) electrons. The van der Waals surface area contributed by atoms with Crippen LogP contribution in [0.2, 0.25) is 0 Å². The molecule has 28 heavy (non-hydrogen) atoms. The maximum atomic E-state index is 12.6. The topological polar surface area (TPSA) is 74.7 Å². The zero-order valence-corrected chi connectivity index (χ0v) is 17.0. The number of rotatable bonds is 4. The standard InChI is InChI=1S/C21H27N3O3S/c1-20(23-17(25)15-16-5-3-2-4-6-16)9-13-27-21(18(20)26)7-11-24(12-8-21)19-22-10-14-28-19/h2-6,10,14,18,26H,7-9,11-13,15H2,1H3,(H,23,25)/t18-,20+/m1/s1. The van der Waals surface area contributed by atoms with Gasteiger partial charge in [0.25, 0.3) is 0 Å². The van der Waals surface area contributed by atoms with Gasteiger partial charge in [-0.25, -0.2) is 4.98 Å². The van der Waals surface area contributed by atoms with E-state index in [4.69, 9.17) is 4.74 Å². The van der Waals surface area contributed by atoms with Gasteiger partial charge in [-0.15, -0.1) is 11.3 Å². The third-order valence-corrected chi connectivity index (χ3v) is 6.88. The summed E-state index contributed by atoms with van der Waals surface area (Å²) < 4.78 is 6.13. The number of carbonyl (C=O) groups excluding carboxylic acids is 1. The van der Waals surface area contributed by atoms with Gasteiger partial charge in [-0.05, 0) is 31.7 Å². The Balaban J connectivity index is 1.42. The molecule has 0 bridgehead atoms. The Morgan fingerprint density at radius 1 is 1.32 bits per heavy atom. The van der Waals surface area contributed by atoms with Crippen LogP contribution < -0.4 is 10.2 Å². The lowest BCUT2D eigenvalue weighted by atomic mass is 9.73. The molecular formula is C21H27N3O3S. The second-order valence-electron chi connectivity index (χ2n) is 8.00. The molecule has 6 nitrogen and oxygen atoms in total. The van der Waals surface area contributed by atoms with Gasteiger partial charge in [0.15, 0.2) is 5.13 Å². The van der Waals surface area contributed by atoms with Crippen molar-refractivity contribution in [2.75, 3.05) is 24.6 Å². The molecule has 2 aliphatic rings. The van der Waals surface area contributed by atoms with Crippen LogP contribution in [0.15, 0.2) is 41.9 Å². The first-order valence-corrected chi connectivity index (χ1v) is 10.7. The first-order valence-electron chi connectivity index (χ1n) is 9.82. The molecule has 2 N–H and O–H groups in total. The van der Waals surface area contributed by atoms with Gasteiger partial charge < -0.3 is 20.1 Å². The van der Waals surface area contributed by atoms with Crippen LogP contribution in [0, 0.1) is 0 Å². The average Bonchev–Trinajstić information content (AvgIpc) is 3.22. The number of hydrogen-bond acceptors (Lipinski definition) is 6. The highest BCUT2D eigenvalue weighted by Gasteiger charge is 2.53. The van der Waals surface area contributed by atoms with E-state index >= 15 is 0 Å². The third-order valence-electron chi connectivity index (χ3n) is 6.04. The highest BCUT2D eigenvalue weighted by Crippen LogP contribution is 2.40. The molecule has 2 saturated heterocycles. The van der Waals surface area contributed by atoms with Gasteiger partial charge >= 0.3 is 0 Å². The molecule has 0 aliphatic carbocycles. The number of piperidine rings is 1. The number of anilines is 1. The minimum absolute atomic E-state index is 0.0648. The van der Waals surface area contributed by atoms with E-state index in [0.717, 1.165) is 36.6 Å². The van der Waals surface area contributed by atoms with E-state index < -0.39 is 17.2 Å². The Hall–Kier alpha value is -1.96. The first-order chi connectivity index (χ1) is 13.5. The molecule has 2 atom stereocenters. The Labute approximate surface area is 169 Å². The summed E-state index contributed by atoms with van der Waals surface area (Å²) in [6, 6.07) is 9.68. The second kappa shape index (κ2) is 7.81. The number of nitrogens with zero attached hydrogens (tertiary/aromatic N) is 2. The SMILES string of the molecule is C[C@]1(NC(=O)Cc2ccccc2)CCOC2(CCN(c3nccs3)CC2)[C@@H]1O. The van der Waals surface area contributed by atoms with Crippen LogP contribution in [0.4, 0.5) is 5.13 Å². The molecule has 3 heterocycles. The molecule has 4 rings (SSSR count). The molecule has 1 spiro atoms. The van der Waals surface area contributed by atoms with Gasteiger partial charge in [0, 0.05) is 31.3 Å². The Morgan fingerprint density at radius 3 is 2.75 bits per heavy atom. The first kappa shape index (κ1) is 19.4. The van der Waals surface area contributed by atoms with Crippen LogP contribution in [0.5, 0.6) is 0 Å². The highest BCUT2D eigenvalue weighted by molar-refractivity contribution is 7.13. The van der Waals surface area contributed by atoms with E-state index in [-0.39, 0.29) is 5.91 Å². The average molecular weight is 402 g/mol. The van der Waals surface area contributed by atoms with Gasteiger partial charge in [-0.2, -0.15) is 0 Å². The third kappa shape index (κ3) is 3.79. The van der Waals surface area contributed by atoms with E-state index in [2.05, 4.69) is 15.2 Å². The van der Waals surface area contributed by atoms with Gasteiger partial charge in [0.1, 0.15) is 6.10 Å². The van der Waals surface area contributed by atoms with Crippen molar-refractivity contribution >= 4 is 22.4 Å². The molecule has 150 valence electrons. The fourth-order valence-corrected chi connectivity index (χ4v) is 5.10. The van der Waals surface area contributed by atoms with Gasteiger partial charge in [-0.1, -0.05) is 30.3 Å². The molecule has 1 aromatic carbocycles. The Morgan fingerprint density at radius 2 is 2.07 bits per heavy atom. The summed E-state index contributed by atoms with van der Waals surface area (Å²) in [5.74, 6) is -0.0648. The molecule has 2 aromatic rings. The minimum Gasteiger partial charge on any atom is -0.388 e. The van der Waals surface area contributed by atoms with E-state index in [9.17, 15) is 9.90 Å². The van der Waals surface area contributed by atoms with Crippen LogP contribution in [0.25, 0.3) is 0 Å². The Bertz CT molecular complexity index is 790. The van der Waals surface area contributed by atoms with Crippen molar-refractivity contribution in [3.8, 4) is 0 Å². The molecule has 1 aromatic heterocycles. The van der Waals surface area contributed by atoms with Gasteiger partial charge in [-0.3, -0.25) is 4.79 Å². The minimum atomic E-state index is -0.744. The number of aromatic nitrogens is 1. The van der Waals surface area contributed by atoms with Crippen LogP contribution in [0.3, 0.4) is 0 Å². The Kier molecular flexibility index (Phi) is 5.40. The number of aliphatic hydroxyl groups excluding tert-OH is 1. The molecule has 1 amide bonds. The zero-order chi connectivity index (χ0) is 19.6. The van der Waals surface area contributed by atoms with Crippen LogP contribution in [-0.2, 0) is 16.0 Å².